The molecule has 0 aliphatic carbocycles. The minimum absolute atomic E-state index is 0.0790. The zero-order chi connectivity index (χ0) is 20.6. The summed E-state index contributed by atoms with van der Waals surface area (Å²) in [5.74, 6) is 0.590. The van der Waals surface area contributed by atoms with Crippen LogP contribution >= 0.6 is 15.9 Å². The van der Waals surface area contributed by atoms with Gasteiger partial charge in [0.2, 0.25) is 0 Å². The smallest absolute Gasteiger partial charge is 0.262 e. The number of fused-ring (bicyclic) bond motifs is 1. The fourth-order valence-electron chi connectivity index (χ4n) is 2.73. The van der Waals surface area contributed by atoms with Gasteiger partial charge in [0, 0.05) is 18.3 Å². The van der Waals surface area contributed by atoms with Crippen LogP contribution in [0.2, 0.25) is 0 Å². The SMILES string of the molecule is CCNC(=O)COc1cccc(NC(=O)COc2ccc3ccccc3c2Br)c1. The zero-order valence-corrected chi connectivity index (χ0v) is 17.5. The molecule has 150 valence electrons. The van der Waals surface area contributed by atoms with Gasteiger partial charge in [0.15, 0.2) is 13.2 Å². The Balaban J connectivity index is 1.56. The van der Waals surface area contributed by atoms with Gasteiger partial charge in [-0.3, -0.25) is 9.59 Å². The van der Waals surface area contributed by atoms with Crippen molar-refractivity contribution in [1.82, 2.24) is 5.32 Å². The summed E-state index contributed by atoms with van der Waals surface area (Å²) in [6, 6.07) is 18.5. The summed E-state index contributed by atoms with van der Waals surface area (Å²) in [5, 5.41) is 7.52. The molecule has 0 aromatic heterocycles. The van der Waals surface area contributed by atoms with Crippen LogP contribution in [0.1, 0.15) is 6.92 Å². The van der Waals surface area contributed by atoms with Gasteiger partial charge in [-0.15, -0.1) is 0 Å². The van der Waals surface area contributed by atoms with E-state index < -0.39 is 0 Å². The lowest BCUT2D eigenvalue weighted by Crippen LogP contribution is -2.28. The largest absolute Gasteiger partial charge is 0.484 e. The molecule has 2 amide bonds. The Hall–Kier alpha value is -3.06. The lowest BCUT2D eigenvalue weighted by atomic mass is 10.1. The Kier molecular flexibility index (Phi) is 7.08. The van der Waals surface area contributed by atoms with E-state index in [1.54, 1.807) is 24.3 Å². The van der Waals surface area contributed by atoms with Gasteiger partial charge in [-0.2, -0.15) is 0 Å². The number of carbonyl (C=O) groups excluding carboxylic acids is 2. The monoisotopic (exact) mass is 456 g/mol. The molecule has 0 saturated carbocycles. The highest BCUT2D eigenvalue weighted by Gasteiger charge is 2.09. The minimum atomic E-state index is -0.300. The van der Waals surface area contributed by atoms with Gasteiger partial charge in [0.05, 0.1) is 4.47 Å². The molecule has 0 aliphatic rings. The molecule has 0 atom stereocenters. The van der Waals surface area contributed by atoms with E-state index in [0.29, 0.717) is 23.7 Å². The predicted octanol–water partition coefficient (Wildman–Crippen LogP) is 4.13. The maximum atomic E-state index is 12.3. The summed E-state index contributed by atoms with van der Waals surface area (Å²) >= 11 is 3.54. The maximum absolute atomic E-state index is 12.3. The lowest BCUT2D eigenvalue weighted by molar-refractivity contribution is -0.123. The Morgan fingerprint density at radius 2 is 1.72 bits per heavy atom. The van der Waals surface area contributed by atoms with Crippen molar-refractivity contribution in [3.8, 4) is 11.5 Å². The molecule has 2 N–H and O–H groups in total. The predicted molar refractivity (Wildman–Crippen MR) is 116 cm³/mol. The highest BCUT2D eigenvalue weighted by atomic mass is 79.9. The molecule has 0 heterocycles. The average molecular weight is 457 g/mol. The lowest BCUT2D eigenvalue weighted by Gasteiger charge is -2.11. The minimum Gasteiger partial charge on any atom is -0.484 e. The summed E-state index contributed by atoms with van der Waals surface area (Å²) in [6.07, 6.45) is 0. The normalized spacial score (nSPS) is 10.4. The summed E-state index contributed by atoms with van der Waals surface area (Å²) in [7, 11) is 0. The molecule has 3 aromatic rings. The molecule has 7 heteroatoms. The maximum Gasteiger partial charge on any atom is 0.262 e. The standard InChI is InChI=1S/C22H21BrN2O4/c1-2-24-20(26)13-28-17-8-5-7-16(12-17)25-21(27)14-29-19-11-10-15-6-3-4-9-18(15)22(19)23/h3-12H,2,13-14H2,1H3,(H,24,26)(H,25,27). The van der Waals surface area contributed by atoms with Crippen LogP contribution in [0.3, 0.4) is 0 Å². The van der Waals surface area contributed by atoms with Crippen molar-refractivity contribution < 1.29 is 19.1 Å². The van der Waals surface area contributed by atoms with Crippen LogP contribution in [0, 0.1) is 0 Å². The molecule has 0 saturated heterocycles. The number of halogens is 1. The second-order valence-electron chi connectivity index (χ2n) is 6.21. The molecule has 0 aliphatic heterocycles. The van der Waals surface area contributed by atoms with Crippen LogP contribution < -0.4 is 20.1 Å². The molecular weight excluding hydrogens is 436 g/mol. The third kappa shape index (κ3) is 5.71. The van der Waals surface area contributed by atoms with E-state index in [0.717, 1.165) is 15.2 Å². The second-order valence-corrected chi connectivity index (χ2v) is 7.00. The second kappa shape index (κ2) is 9.93. The molecule has 0 radical (unpaired) electrons. The number of benzene rings is 3. The van der Waals surface area contributed by atoms with Crippen molar-refractivity contribution in [2.45, 2.75) is 6.92 Å². The molecule has 3 aromatic carbocycles. The summed E-state index contributed by atoms with van der Waals surface area (Å²) in [4.78, 5) is 23.7. The van der Waals surface area contributed by atoms with E-state index in [1.807, 2.05) is 43.3 Å². The van der Waals surface area contributed by atoms with E-state index in [2.05, 4.69) is 26.6 Å². The van der Waals surface area contributed by atoms with Gasteiger partial charge in [-0.1, -0.05) is 36.4 Å². The molecule has 0 bridgehead atoms. The van der Waals surface area contributed by atoms with Gasteiger partial charge in [0.1, 0.15) is 11.5 Å². The van der Waals surface area contributed by atoms with Gasteiger partial charge >= 0.3 is 0 Å². The van der Waals surface area contributed by atoms with Crippen LogP contribution in [0.25, 0.3) is 10.8 Å². The van der Waals surface area contributed by atoms with Gasteiger partial charge in [0.25, 0.3) is 11.8 Å². The van der Waals surface area contributed by atoms with E-state index >= 15 is 0 Å². The van der Waals surface area contributed by atoms with Gasteiger partial charge in [-0.25, -0.2) is 0 Å². The van der Waals surface area contributed by atoms with Crippen molar-refractivity contribution in [2.24, 2.45) is 0 Å². The van der Waals surface area contributed by atoms with Crippen LogP contribution in [0.15, 0.2) is 65.1 Å². The summed E-state index contributed by atoms with van der Waals surface area (Å²) < 4.78 is 11.9. The third-order valence-corrected chi connectivity index (χ3v) is 4.87. The van der Waals surface area contributed by atoms with Crippen LogP contribution in [-0.4, -0.2) is 31.6 Å². The third-order valence-electron chi connectivity index (χ3n) is 4.05. The number of hydrogen-bond donors (Lipinski definition) is 2. The highest BCUT2D eigenvalue weighted by Crippen LogP contribution is 2.33. The molecule has 0 fully saturated rings. The zero-order valence-electron chi connectivity index (χ0n) is 15.9. The number of amides is 2. The van der Waals surface area contributed by atoms with Crippen molar-refractivity contribution in [1.29, 1.82) is 0 Å². The number of likely N-dealkylation sites (N-methyl/N-ethyl adjacent to an activating group) is 1. The fraction of sp³-hybridized carbons (Fsp3) is 0.182. The topological polar surface area (TPSA) is 76.7 Å². The first-order chi connectivity index (χ1) is 14.1. The van der Waals surface area contributed by atoms with E-state index in [-0.39, 0.29) is 25.0 Å². The Morgan fingerprint density at radius 1 is 0.931 bits per heavy atom. The Labute approximate surface area is 177 Å². The number of rotatable bonds is 8. The fourth-order valence-corrected chi connectivity index (χ4v) is 3.33. The summed E-state index contributed by atoms with van der Waals surface area (Å²) in [5.41, 5.74) is 0.560. The number of ether oxygens (including phenoxy) is 2. The highest BCUT2D eigenvalue weighted by molar-refractivity contribution is 9.10. The molecule has 3 rings (SSSR count). The molecule has 0 spiro atoms. The van der Waals surface area contributed by atoms with Crippen molar-refractivity contribution in [3.63, 3.8) is 0 Å². The van der Waals surface area contributed by atoms with Crippen LogP contribution in [0.5, 0.6) is 11.5 Å². The summed E-state index contributed by atoms with van der Waals surface area (Å²) in [6.45, 7) is 2.17. The number of carbonyl (C=O) groups is 2. The molecular formula is C22H21BrN2O4. The van der Waals surface area contributed by atoms with Crippen LogP contribution in [-0.2, 0) is 9.59 Å². The van der Waals surface area contributed by atoms with Gasteiger partial charge in [-0.05, 0) is 51.8 Å². The molecule has 29 heavy (non-hydrogen) atoms. The number of hydrogen-bond acceptors (Lipinski definition) is 4. The Bertz CT molecular complexity index is 1020. The first kappa shape index (κ1) is 20.7. The van der Waals surface area contributed by atoms with Crippen molar-refractivity contribution in [3.05, 3.63) is 65.1 Å². The number of anilines is 1. The van der Waals surface area contributed by atoms with E-state index in [9.17, 15) is 9.59 Å². The van der Waals surface area contributed by atoms with Crippen molar-refractivity contribution in [2.75, 3.05) is 25.1 Å². The van der Waals surface area contributed by atoms with E-state index in [4.69, 9.17) is 9.47 Å². The van der Waals surface area contributed by atoms with Gasteiger partial charge < -0.3 is 20.1 Å². The molecule has 0 unspecified atom stereocenters. The number of nitrogens with one attached hydrogen (secondary N) is 2. The van der Waals surface area contributed by atoms with E-state index in [1.165, 1.54) is 0 Å². The first-order valence-electron chi connectivity index (χ1n) is 9.16. The Morgan fingerprint density at radius 3 is 2.55 bits per heavy atom. The average Bonchev–Trinajstić information content (AvgIpc) is 2.72. The molecule has 6 nitrogen and oxygen atoms in total. The van der Waals surface area contributed by atoms with Crippen LogP contribution in [0.4, 0.5) is 5.69 Å². The quantitative estimate of drug-likeness (QED) is 0.533. The van der Waals surface area contributed by atoms with Crippen molar-refractivity contribution >= 4 is 44.2 Å². The first-order valence-corrected chi connectivity index (χ1v) is 9.95.